The molecule has 1 aliphatic carbocycles. The first kappa shape index (κ1) is 8.97. The zero-order chi connectivity index (χ0) is 10.6. The van der Waals surface area contributed by atoms with Crippen molar-refractivity contribution in [2.45, 2.75) is 25.2 Å². The van der Waals surface area contributed by atoms with E-state index in [-0.39, 0.29) is 5.41 Å². The fourth-order valence-electron chi connectivity index (χ4n) is 2.20. The molecule has 2 N–H and O–H groups in total. The second kappa shape index (κ2) is 2.64. The van der Waals surface area contributed by atoms with Gasteiger partial charge in [-0.25, -0.2) is 0 Å². The van der Waals surface area contributed by atoms with Crippen molar-refractivity contribution in [3.8, 4) is 0 Å². The normalized spacial score (nSPS) is 18.6. The van der Waals surface area contributed by atoms with Gasteiger partial charge in [-0.2, -0.15) is 5.10 Å². The Kier molecular flexibility index (Phi) is 1.58. The van der Waals surface area contributed by atoms with Gasteiger partial charge in [0.05, 0.1) is 0 Å². The summed E-state index contributed by atoms with van der Waals surface area (Å²) in [6.07, 6.45) is 2.27. The number of nitrogens with two attached hydrogens (primary N) is 1. The van der Waals surface area contributed by atoms with E-state index in [9.17, 15) is 0 Å². The molecule has 3 rings (SSSR count). The largest absolute Gasteiger partial charge is 0.458 e. The van der Waals surface area contributed by atoms with Crippen LogP contribution in [-0.2, 0) is 12.5 Å². The van der Waals surface area contributed by atoms with Crippen molar-refractivity contribution >= 4 is 11.1 Å². The van der Waals surface area contributed by atoms with E-state index >= 15 is 0 Å². The lowest BCUT2D eigenvalue weighted by Gasteiger charge is -2.07. The summed E-state index contributed by atoms with van der Waals surface area (Å²) in [6.45, 7) is 2.63. The van der Waals surface area contributed by atoms with Gasteiger partial charge in [-0.05, 0) is 19.8 Å². The molecule has 2 heterocycles. The summed E-state index contributed by atoms with van der Waals surface area (Å²) in [4.78, 5) is 0. The predicted octanol–water partition coefficient (Wildman–Crippen LogP) is 1.47. The Bertz CT molecular complexity index is 519. The van der Waals surface area contributed by atoms with E-state index in [1.54, 1.807) is 0 Å². The van der Waals surface area contributed by atoms with Gasteiger partial charge in [0.2, 0.25) is 0 Å². The minimum Gasteiger partial charge on any atom is -0.458 e. The van der Waals surface area contributed by atoms with Crippen LogP contribution in [0.15, 0.2) is 10.5 Å². The number of hydrogen-bond donors (Lipinski definition) is 1. The Morgan fingerprint density at radius 1 is 1.60 bits per heavy atom. The highest BCUT2D eigenvalue weighted by Gasteiger charge is 2.47. The van der Waals surface area contributed by atoms with Gasteiger partial charge >= 0.3 is 0 Å². The minimum atomic E-state index is 0.101. The van der Waals surface area contributed by atoms with E-state index in [1.807, 2.05) is 24.7 Å². The molecule has 4 nitrogen and oxygen atoms in total. The molecule has 0 spiro atoms. The molecule has 1 saturated carbocycles. The first-order valence-corrected chi connectivity index (χ1v) is 5.30. The van der Waals surface area contributed by atoms with E-state index in [1.165, 1.54) is 0 Å². The van der Waals surface area contributed by atoms with Crippen LogP contribution in [0.2, 0.25) is 0 Å². The van der Waals surface area contributed by atoms with Crippen LogP contribution >= 0.6 is 0 Å². The molecule has 80 valence electrons. The fraction of sp³-hybridized carbons (Fsp3) is 0.545. The second-order valence-electron chi connectivity index (χ2n) is 4.53. The first-order chi connectivity index (χ1) is 7.16. The first-order valence-electron chi connectivity index (χ1n) is 5.30. The summed E-state index contributed by atoms with van der Waals surface area (Å²) in [5.41, 5.74) is 8.97. The molecule has 0 radical (unpaired) electrons. The fourth-order valence-corrected chi connectivity index (χ4v) is 2.20. The molecule has 0 bridgehead atoms. The second-order valence-corrected chi connectivity index (χ2v) is 4.53. The van der Waals surface area contributed by atoms with Crippen LogP contribution in [-0.4, -0.2) is 16.3 Å². The molecule has 0 aliphatic heterocycles. The highest BCUT2D eigenvalue weighted by Crippen LogP contribution is 2.49. The zero-order valence-corrected chi connectivity index (χ0v) is 9.08. The topological polar surface area (TPSA) is 57.0 Å². The van der Waals surface area contributed by atoms with Crippen LogP contribution in [0.1, 0.15) is 24.3 Å². The Hall–Kier alpha value is -1.29. The van der Waals surface area contributed by atoms with E-state index in [0.29, 0.717) is 6.54 Å². The van der Waals surface area contributed by atoms with Crippen molar-refractivity contribution in [2.24, 2.45) is 12.8 Å². The molecule has 1 fully saturated rings. The van der Waals surface area contributed by atoms with Crippen LogP contribution < -0.4 is 5.73 Å². The van der Waals surface area contributed by atoms with Crippen LogP contribution in [0, 0.1) is 6.92 Å². The van der Waals surface area contributed by atoms with E-state index < -0.39 is 0 Å². The third kappa shape index (κ3) is 1.08. The van der Waals surface area contributed by atoms with Gasteiger partial charge < -0.3 is 10.2 Å². The van der Waals surface area contributed by atoms with Crippen molar-refractivity contribution in [2.75, 3.05) is 6.54 Å². The van der Waals surface area contributed by atoms with Crippen molar-refractivity contribution in [3.63, 3.8) is 0 Å². The van der Waals surface area contributed by atoms with E-state index in [0.717, 1.165) is 35.4 Å². The van der Waals surface area contributed by atoms with Crippen LogP contribution in [0.3, 0.4) is 0 Å². The molecule has 0 aromatic carbocycles. The van der Waals surface area contributed by atoms with Gasteiger partial charge in [-0.1, -0.05) is 0 Å². The Balaban J connectivity index is 2.26. The monoisotopic (exact) mass is 205 g/mol. The average molecular weight is 205 g/mol. The number of nitrogens with zero attached hydrogens (tertiary/aromatic N) is 2. The van der Waals surface area contributed by atoms with Crippen LogP contribution in [0.5, 0.6) is 0 Å². The molecule has 1 aliphatic rings. The van der Waals surface area contributed by atoms with Crippen molar-refractivity contribution in [1.82, 2.24) is 9.78 Å². The average Bonchev–Trinajstić information content (AvgIpc) is 2.83. The molecule has 0 saturated heterocycles. The lowest BCUT2D eigenvalue weighted by Crippen LogP contribution is -2.20. The lowest BCUT2D eigenvalue weighted by molar-refractivity contribution is 0.558. The standard InChI is InChI=1S/C11H15N3O/c1-7-5-8-9(15-7)10(13-14(8)2)11(6-12)3-4-11/h5H,3-4,6,12H2,1-2H3. The van der Waals surface area contributed by atoms with Crippen molar-refractivity contribution < 1.29 is 4.42 Å². The Morgan fingerprint density at radius 3 is 2.93 bits per heavy atom. The van der Waals surface area contributed by atoms with Gasteiger partial charge in [0.1, 0.15) is 17.0 Å². The molecular formula is C11H15N3O. The molecular weight excluding hydrogens is 190 g/mol. The number of rotatable bonds is 2. The third-order valence-corrected chi connectivity index (χ3v) is 3.40. The van der Waals surface area contributed by atoms with Crippen molar-refractivity contribution in [3.05, 3.63) is 17.5 Å². The quantitative estimate of drug-likeness (QED) is 0.807. The lowest BCUT2D eigenvalue weighted by atomic mass is 10.0. The number of hydrogen-bond acceptors (Lipinski definition) is 3. The van der Waals surface area contributed by atoms with Gasteiger partial charge in [0.15, 0.2) is 5.58 Å². The summed E-state index contributed by atoms with van der Waals surface area (Å²) in [7, 11) is 1.95. The van der Waals surface area contributed by atoms with Crippen LogP contribution in [0.25, 0.3) is 11.1 Å². The smallest absolute Gasteiger partial charge is 0.176 e. The highest BCUT2D eigenvalue weighted by molar-refractivity contribution is 5.78. The van der Waals surface area contributed by atoms with Gasteiger partial charge in [0, 0.05) is 25.1 Å². The summed E-state index contributed by atoms with van der Waals surface area (Å²) in [5.74, 6) is 0.937. The Labute approximate surface area is 88.0 Å². The molecule has 2 aromatic rings. The summed E-state index contributed by atoms with van der Waals surface area (Å²) < 4.78 is 7.59. The van der Waals surface area contributed by atoms with E-state index in [4.69, 9.17) is 10.2 Å². The summed E-state index contributed by atoms with van der Waals surface area (Å²) in [5, 5.41) is 4.54. The number of fused-ring (bicyclic) bond motifs is 1. The van der Waals surface area contributed by atoms with Crippen LogP contribution in [0.4, 0.5) is 0 Å². The number of aryl methyl sites for hydroxylation is 2. The molecule has 0 atom stereocenters. The summed E-state index contributed by atoms with van der Waals surface area (Å²) in [6, 6.07) is 2.03. The molecule has 4 heteroatoms. The van der Waals surface area contributed by atoms with Gasteiger partial charge in [-0.3, -0.25) is 4.68 Å². The number of furan rings is 1. The minimum absolute atomic E-state index is 0.101. The summed E-state index contributed by atoms with van der Waals surface area (Å²) >= 11 is 0. The highest BCUT2D eigenvalue weighted by atomic mass is 16.3. The maximum atomic E-state index is 5.82. The molecule has 15 heavy (non-hydrogen) atoms. The van der Waals surface area contributed by atoms with Crippen molar-refractivity contribution in [1.29, 1.82) is 0 Å². The predicted molar refractivity (Wildman–Crippen MR) is 57.7 cm³/mol. The maximum absolute atomic E-state index is 5.82. The molecule has 0 unspecified atom stereocenters. The zero-order valence-electron chi connectivity index (χ0n) is 9.08. The van der Waals surface area contributed by atoms with Gasteiger partial charge in [0.25, 0.3) is 0 Å². The maximum Gasteiger partial charge on any atom is 0.176 e. The Morgan fingerprint density at radius 2 is 2.33 bits per heavy atom. The SMILES string of the molecule is Cc1cc2c(o1)c(C1(CN)CC1)nn2C. The third-order valence-electron chi connectivity index (χ3n) is 3.40. The van der Waals surface area contributed by atoms with Gasteiger partial charge in [-0.15, -0.1) is 0 Å². The number of aromatic nitrogens is 2. The van der Waals surface area contributed by atoms with E-state index in [2.05, 4.69) is 5.10 Å². The molecule has 0 amide bonds. The molecule has 2 aromatic heterocycles.